The Morgan fingerprint density at radius 2 is 1.13 bits per heavy atom. The molecule has 0 fully saturated rings. The maximum absolute atomic E-state index is 3.63. The predicted octanol–water partition coefficient (Wildman–Crippen LogP) is 7.60. The molecule has 0 saturated heterocycles. The van der Waals surface area contributed by atoms with Crippen molar-refractivity contribution >= 4 is 44.0 Å². The van der Waals surface area contributed by atoms with Crippen molar-refractivity contribution in [3.63, 3.8) is 0 Å². The van der Waals surface area contributed by atoms with Crippen LogP contribution in [-0.2, 0) is 5.41 Å². The molecule has 120 valence electrons. The molecule has 0 aromatic heterocycles. The van der Waals surface area contributed by atoms with Gasteiger partial charge in [0.25, 0.3) is 0 Å². The zero-order valence-corrected chi connectivity index (χ0v) is 17.2. The third-order valence-electron chi connectivity index (χ3n) is 4.13. The first-order chi connectivity index (χ1) is 10.9. The molecule has 0 nitrogen and oxygen atoms in total. The number of hydrogen-bond donors (Lipinski definition) is 0. The van der Waals surface area contributed by atoms with E-state index in [0.717, 1.165) is 8.95 Å². The fraction of sp³-hybridized carbons (Fsp3) is 0.238. The fourth-order valence-corrected chi connectivity index (χ4v) is 3.40. The van der Waals surface area contributed by atoms with E-state index >= 15 is 0 Å². The Balaban J connectivity index is 2.53. The van der Waals surface area contributed by atoms with E-state index in [2.05, 4.69) is 106 Å². The van der Waals surface area contributed by atoms with Gasteiger partial charge in [-0.2, -0.15) is 0 Å². The maximum Gasteiger partial charge on any atom is 0.0247 e. The summed E-state index contributed by atoms with van der Waals surface area (Å²) in [5.74, 6) is 0. The van der Waals surface area contributed by atoms with E-state index in [1.165, 1.54) is 22.3 Å². The van der Waals surface area contributed by atoms with Gasteiger partial charge in [-0.3, -0.25) is 0 Å². The van der Waals surface area contributed by atoms with E-state index < -0.39 is 0 Å². The molecule has 2 rings (SSSR count). The average molecular weight is 434 g/mol. The lowest BCUT2D eigenvalue weighted by Crippen LogP contribution is -2.19. The lowest BCUT2D eigenvalue weighted by atomic mass is 9.77. The fourth-order valence-electron chi connectivity index (χ4n) is 2.65. The molecule has 0 unspecified atom stereocenters. The van der Waals surface area contributed by atoms with Crippen molar-refractivity contribution < 1.29 is 0 Å². The highest BCUT2D eigenvalue weighted by atomic mass is 79.9. The Labute approximate surface area is 156 Å². The van der Waals surface area contributed by atoms with E-state index in [9.17, 15) is 0 Å². The highest BCUT2D eigenvalue weighted by Gasteiger charge is 2.24. The molecule has 2 aromatic carbocycles. The molecule has 0 radical (unpaired) electrons. The van der Waals surface area contributed by atoms with Gasteiger partial charge in [-0.25, -0.2) is 0 Å². The number of benzene rings is 2. The van der Waals surface area contributed by atoms with Crippen molar-refractivity contribution in [1.82, 2.24) is 0 Å². The molecule has 0 amide bonds. The minimum atomic E-state index is -0.0614. The van der Waals surface area contributed by atoms with Crippen molar-refractivity contribution in [3.8, 4) is 0 Å². The van der Waals surface area contributed by atoms with Gasteiger partial charge < -0.3 is 0 Å². The second-order valence-corrected chi connectivity index (χ2v) is 7.81. The van der Waals surface area contributed by atoms with Gasteiger partial charge in [0.05, 0.1) is 0 Å². The van der Waals surface area contributed by atoms with Crippen LogP contribution < -0.4 is 0 Å². The first-order valence-electron chi connectivity index (χ1n) is 7.75. The predicted molar refractivity (Wildman–Crippen MR) is 110 cm³/mol. The minimum Gasteiger partial charge on any atom is -0.0870 e. The van der Waals surface area contributed by atoms with Gasteiger partial charge in [0, 0.05) is 14.4 Å². The average Bonchev–Trinajstić information content (AvgIpc) is 2.51. The molecule has 0 spiro atoms. The minimum absolute atomic E-state index is 0.0614. The van der Waals surface area contributed by atoms with Gasteiger partial charge in [-0.15, -0.1) is 0 Å². The lowest BCUT2D eigenvalue weighted by molar-refractivity contribution is 0.640. The second-order valence-electron chi connectivity index (χ2n) is 6.10. The molecule has 0 aliphatic heterocycles. The Morgan fingerprint density at radius 3 is 1.48 bits per heavy atom. The van der Waals surface area contributed by atoms with Gasteiger partial charge in [0.15, 0.2) is 0 Å². The molecule has 0 aliphatic carbocycles. The normalized spacial score (nSPS) is 12.4. The third-order valence-corrected chi connectivity index (χ3v) is 5.57. The summed E-state index contributed by atoms with van der Waals surface area (Å²) in [4.78, 5) is 0. The third kappa shape index (κ3) is 4.05. The molecule has 0 N–H and O–H groups in total. The van der Waals surface area contributed by atoms with Crippen LogP contribution in [-0.4, -0.2) is 0 Å². The zero-order chi connectivity index (χ0) is 17.0. The van der Waals surface area contributed by atoms with Crippen LogP contribution in [0.15, 0.2) is 57.5 Å². The zero-order valence-electron chi connectivity index (χ0n) is 14.0. The first-order valence-corrected chi connectivity index (χ1v) is 9.34. The van der Waals surface area contributed by atoms with Crippen LogP contribution in [0.4, 0.5) is 0 Å². The van der Waals surface area contributed by atoms with E-state index in [-0.39, 0.29) is 5.41 Å². The van der Waals surface area contributed by atoms with E-state index in [1.54, 1.807) is 0 Å². The van der Waals surface area contributed by atoms with Gasteiger partial charge in [-0.05, 0) is 60.4 Å². The SMILES string of the molecule is CC=Cc1cc(C(C)(C)c2ccc(Br)c(C=CC)c2)ccc1Br. The van der Waals surface area contributed by atoms with Crippen molar-refractivity contribution in [3.05, 3.63) is 79.7 Å². The van der Waals surface area contributed by atoms with Crippen LogP contribution in [0.5, 0.6) is 0 Å². The van der Waals surface area contributed by atoms with Crippen molar-refractivity contribution in [2.45, 2.75) is 33.1 Å². The van der Waals surface area contributed by atoms with Crippen LogP contribution in [0.2, 0.25) is 0 Å². The summed E-state index contributed by atoms with van der Waals surface area (Å²) in [5, 5.41) is 0. The summed E-state index contributed by atoms with van der Waals surface area (Å²) in [6.45, 7) is 8.64. The molecule has 0 bridgehead atoms. The summed E-state index contributed by atoms with van der Waals surface area (Å²) in [5.41, 5.74) is 4.98. The van der Waals surface area contributed by atoms with E-state index in [1.807, 2.05) is 13.8 Å². The first kappa shape index (κ1) is 18.2. The van der Waals surface area contributed by atoms with Crippen LogP contribution in [0.25, 0.3) is 12.2 Å². The molecule has 0 atom stereocenters. The van der Waals surface area contributed by atoms with E-state index in [0.29, 0.717) is 0 Å². The summed E-state index contributed by atoms with van der Waals surface area (Å²) in [7, 11) is 0. The number of hydrogen-bond acceptors (Lipinski definition) is 0. The van der Waals surface area contributed by atoms with Crippen LogP contribution in [0.1, 0.15) is 49.9 Å². The van der Waals surface area contributed by atoms with Gasteiger partial charge in [-0.1, -0.05) is 82.1 Å². The Hall–Kier alpha value is -1.12. The topological polar surface area (TPSA) is 0 Å². The van der Waals surface area contributed by atoms with Gasteiger partial charge in [0.2, 0.25) is 0 Å². The summed E-state index contributed by atoms with van der Waals surface area (Å²) < 4.78 is 2.25. The molecule has 2 heteroatoms. The van der Waals surface area contributed by atoms with Crippen molar-refractivity contribution in [2.75, 3.05) is 0 Å². The highest BCUT2D eigenvalue weighted by Crippen LogP contribution is 2.35. The van der Waals surface area contributed by atoms with Gasteiger partial charge in [0.1, 0.15) is 0 Å². The summed E-state index contributed by atoms with van der Waals surface area (Å²) in [6, 6.07) is 13.2. The smallest absolute Gasteiger partial charge is 0.0247 e. The maximum atomic E-state index is 3.63. The Bertz CT molecular complexity index is 689. The van der Waals surface area contributed by atoms with Crippen LogP contribution in [0, 0.1) is 0 Å². The molecular formula is C21H22Br2. The standard InChI is InChI=1S/C21H22Br2/c1-5-7-15-13-17(9-11-19(15)22)21(3,4)18-10-12-20(23)16(14-18)8-6-2/h5-14H,1-4H3. The van der Waals surface area contributed by atoms with Crippen LogP contribution >= 0.6 is 31.9 Å². The number of allylic oxidation sites excluding steroid dienone is 2. The summed E-state index contributed by atoms with van der Waals surface area (Å²) in [6.07, 6.45) is 8.41. The molecular weight excluding hydrogens is 412 g/mol. The largest absolute Gasteiger partial charge is 0.0870 e. The van der Waals surface area contributed by atoms with Gasteiger partial charge >= 0.3 is 0 Å². The number of rotatable bonds is 4. The van der Waals surface area contributed by atoms with E-state index in [4.69, 9.17) is 0 Å². The Morgan fingerprint density at radius 1 is 0.739 bits per heavy atom. The molecule has 23 heavy (non-hydrogen) atoms. The monoisotopic (exact) mass is 432 g/mol. The molecule has 0 heterocycles. The molecule has 0 aliphatic rings. The Kier molecular flexibility index (Phi) is 6.05. The highest BCUT2D eigenvalue weighted by molar-refractivity contribution is 9.10. The molecule has 0 saturated carbocycles. The second kappa shape index (κ2) is 7.63. The quantitative estimate of drug-likeness (QED) is 0.465. The van der Waals surface area contributed by atoms with Crippen molar-refractivity contribution in [1.29, 1.82) is 0 Å². The lowest BCUT2D eigenvalue weighted by Gasteiger charge is -2.27. The van der Waals surface area contributed by atoms with Crippen molar-refractivity contribution in [2.24, 2.45) is 0 Å². The summed E-state index contributed by atoms with van der Waals surface area (Å²) >= 11 is 7.26. The molecule has 2 aromatic rings. The number of halogens is 2. The van der Waals surface area contributed by atoms with Crippen LogP contribution in [0.3, 0.4) is 0 Å².